The van der Waals surface area contributed by atoms with Gasteiger partial charge in [0.25, 0.3) is 5.91 Å². The van der Waals surface area contributed by atoms with Crippen LogP contribution in [0.15, 0.2) is 16.7 Å². The van der Waals surface area contributed by atoms with Crippen molar-refractivity contribution in [2.45, 2.75) is 24.0 Å². The maximum atomic E-state index is 12.2. The Morgan fingerprint density at radius 1 is 1.63 bits per heavy atom. The Hall–Kier alpha value is -0.790. The van der Waals surface area contributed by atoms with Gasteiger partial charge in [0, 0.05) is 22.0 Å². The van der Waals surface area contributed by atoms with Crippen molar-refractivity contribution in [2.75, 3.05) is 18.2 Å². The van der Waals surface area contributed by atoms with Crippen LogP contribution < -0.4 is 16.6 Å². The molecule has 0 radical (unpaired) electrons. The average Bonchev–Trinajstić information content (AvgIpc) is 2.37. The van der Waals surface area contributed by atoms with Gasteiger partial charge in [0.05, 0.1) is 5.56 Å². The quantitative estimate of drug-likeness (QED) is 0.563. The minimum Gasteiger partial charge on any atom is -0.351 e. The Labute approximate surface area is 125 Å². The van der Waals surface area contributed by atoms with E-state index in [9.17, 15) is 4.79 Å². The number of hydrogen-bond donors (Lipinski definition) is 3. The molecule has 0 saturated heterocycles. The summed E-state index contributed by atoms with van der Waals surface area (Å²) in [5.74, 6) is 5.60. The predicted molar refractivity (Wildman–Crippen MR) is 82.2 cm³/mol. The van der Waals surface area contributed by atoms with E-state index in [1.54, 1.807) is 12.3 Å². The standard InChI is InChI=1S/C12H17BrN4OS/c1-19-12(3-2-4-12)7-16-11(18)9-5-8(13)6-15-10(9)17-14/h5-6H,2-4,7,14H2,1H3,(H,15,17)(H,16,18). The second kappa shape index (κ2) is 6.11. The van der Waals surface area contributed by atoms with Crippen molar-refractivity contribution in [1.82, 2.24) is 10.3 Å². The number of anilines is 1. The van der Waals surface area contributed by atoms with Crippen LogP contribution in [0.5, 0.6) is 0 Å². The molecule has 0 bridgehead atoms. The number of carbonyl (C=O) groups excluding carboxylic acids is 1. The van der Waals surface area contributed by atoms with Gasteiger partial charge in [-0.2, -0.15) is 11.8 Å². The molecule has 1 aliphatic carbocycles. The highest BCUT2D eigenvalue weighted by atomic mass is 79.9. The Morgan fingerprint density at radius 2 is 2.37 bits per heavy atom. The number of nitrogens with one attached hydrogen (secondary N) is 2. The number of carbonyl (C=O) groups is 1. The normalized spacial score (nSPS) is 16.6. The SMILES string of the molecule is CSC1(CNC(=O)c2cc(Br)cnc2NN)CCC1. The Morgan fingerprint density at radius 3 is 2.89 bits per heavy atom. The van der Waals surface area contributed by atoms with Crippen LogP contribution in [0.3, 0.4) is 0 Å². The first-order valence-corrected chi connectivity index (χ1v) is 8.07. The highest BCUT2D eigenvalue weighted by Gasteiger charge is 2.36. The van der Waals surface area contributed by atoms with Crippen LogP contribution in [0.2, 0.25) is 0 Å². The van der Waals surface area contributed by atoms with E-state index < -0.39 is 0 Å². The van der Waals surface area contributed by atoms with Crippen LogP contribution in [-0.2, 0) is 0 Å². The monoisotopic (exact) mass is 344 g/mol. The number of nitrogens with two attached hydrogens (primary N) is 1. The molecule has 1 amide bonds. The molecule has 0 aliphatic heterocycles. The molecule has 1 aromatic rings. The van der Waals surface area contributed by atoms with Gasteiger partial charge in [-0.15, -0.1) is 0 Å². The fourth-order valence-electron chi connectivity index (χ4n) is 2.09. The molecule has 1 aliphatic rings. The molecule has 1 aromatic heterocycles. The van der Waals surface area contributed by atoms with Crippen LogP contribution in [0.1, 0.15) is 29.6 Å². The lowest BCUT2D eigenvalue weighted by Crippen LogP contribution is -2.45. The highest BCUT2D eigenvalue weighted by Crippen LogP contribution is 2.42. The summed E-state index contributed by atoms with van der Waals surface area (Å²) in [5.41, 5.74) is 2.90. The van der Waals surface area contributed by atoms with Crippen molar-refractivity contribution < 1.29 is 4.79 Å². The Bertz CT molecular complexity index is 473. The molecule has 5 nitrogen and oxygen atoms in total. The minimum absolute atomic E-state index is 0.151. The number of pyridine rings is 1. The topological polar surface area (TPSA) is 80.0 Å². The van der Waals surface area contributed by atoms with Crippen molar-refractivity contribution in [2.24, 2.45) is 5.84 Å². The zero-order valence-corrected chi connectivity index (χ0v) is 13.1. The number of aromatic nitrogens is 1. The number of hydrazine groups is 1. The van der Waals surface area contributed by atoms with Crippen molar-refractivity contribution in [3.05, 3.63) is 22.3 Å². The Balaban J connectivity index is 2.05. The molecule has 104 valence electrons. The van der Waals surface area contributed by atoms with Gasteiger partial charge < -0.3 is 10.7 Å². The second-order valence-electron chi connectivity index (χ2n) is 4.62. The van der Waals surface area contributed by atoms with Crippen molar-refractivity contribution >= 4 is 39.4 Å². The van der Waals surface area contributed by atoms with Gasteiger partial charge in [-0.05, 0) is 41.1 Å². The molecule has 0 aromatic carbocycles. The van der Waals surface area contributed by atoms with Crippen molar-refractivity contribution in [3.8, 4) is 0 Å². The number of amides is 1. The summed E-state index contributed by atoms with van der Waals surface area (Å²) in [4.78, 5) is 16.3. The van der Waals surface area contributed by atoms with Gasteiger partial charge in [0.2, 0.25) is 0 Å². The first-order valence-electron chi connectivity index (χ1n) is 6.06. The van der Waals surface area contributed by atoms with E-state index in [2.05, 4.69) is 37.9 Å². The molecule has 19 heavy (non-hydrogen) atoms. The van der Waals surface area contributed by atoms with E-state index in [0.717, 1.165) is 17.3 Å². The second-order valence-corrected chi connectivity index (χ2v) is 6.81. The number of halogens is 1. The summed E-state index contributed by atoms with van der Waals surface area (Å²) in [5, 5.41) is 2.98. The van der Waals surface area contributed by atoms with E-state index in [-0.39, 0.29) is 10.7 Å². The predicted octanol–water partition coefficient (Wildman–Crippen LogP) is 2.15. The number of rotatable bonds is 5. The number of nitrogens with zero attached hydrogens (tertiary/aromatic N) is 1. The fourth-order valence-corrected chi connectivity index (χ4v) is 3.33. The first-order chi connectivity index (χ1) is 9.10. The smallest absolute Gasteiger partial charge is 0.255 e. The summed E-state index contributed by atoms with van der Waals surface area (Å²) >= 11 is 5.14. The lowest BCUT2D eigenvalue weighted by Gasteiger charge is -2.40. The summed E-state index contributed by atoms with van der Waals surface area (Å²) in [6.45, 7) is 0.684. The number of nitrogen functional groups attached to an aromatic ring is 1. The van der Waals surface area contributed by atoms with Gasteiger partial charge in [-0.1, -0.05) is 6.42 Å². The number of hydrogen-bond acceptors (Lipinski definition) is 5. The largest absolute Gasteiger partial charge is 0.351 e. The highest BCUT2D eigenvalue weighted by molar-refractivity contribution is 9.10. The van der Waals surface area contributed by atoms with Crippen LogP contribution in [0.25, 0.3) is 0 Å². The van der Waals surface area contributed by atoms with E-state index in [1.165, 1.54) is 6.42 Å². The van der Waals surface area contributed by atoms with Gasteiger partial charge in [0.1, 0.15) is 0 Å². The molecule has 0 unspecified atom stereocenters. The molecule has 1 fully saturated rings. The molecule has 2 rings (SSSR count). The van der Waals surface area contributed by atoms with Crippen LogP contribution in [-0.4, -0.2) is 28.4 Å². The molecule has 0 atom stereocenters. The van der Waals surface area contributed by atoms with Gasteiger partial charge in [-0.3, -0.25) is 4.79 Å². The number of thioether (sulfide) groups is 1. The summed E-state index contributed by atoms with van der Waals surface area (Å²) in [7, 11) is 0. The summed E-state index contributed by atoms with van der Waals surface area (Å²) < 4.78 is 0.964. The van der Waals surface area contributed by atoms with Crippen LogP contribution >= 0.6 is 27.7 Å². The molecule has 4 N–H and O–H groups in total. The first kappa shape index (κ1) is 14.6. The summed E-state index contributed by atoms with van der Waals surface area (Å²) in [6, 6.07) is 1.71. The zero-order valence-electron chi connectivity index (χ0n) is 10.7. The van der Waals surface area contributed by atoms with Crippen molar-refractivity contribution in [1.29, 1.82) is 0 Å². The van der Waals surface area contributed by atoms with E-state index >= 15 is 0 Å². The van der Waals surface area contributed by atoms with E-state index in [4.69, 9.17) is 5.84 Å². The van der Waals surface area contributed by atoms with Crippen molar-refractivity contribution in [3.63, 3.8) is 0 Å². The van der Waals surface area contributed by atoms with Crippen LogP contribution in [0.4, 0.5) is 5.82 Å². The third kappa shape index (κ3) is 3.21. The lowest BCUT2D eigenvalue weighted by molar-refractivity contribution is 0.0944. The third-order valence-electron chi connectivity index (χ3n) is 3.50. The molecule has 7 heteroatoms. The van der Waals surface area contributed by atoms with E-state index in [1.807, 2.05) is 11.8 Å². The van der Waals surface area contributed by atoms with Gasteiger partial charge in [0.15, 0.2) is 5.82 Å². The molecular weight excluding hydrogens is 328 g/mol. The molecule has 0 spiro atoms. The summed E-state index contributed by atoms with van der Waals surface area (Å²) in [6.07, 6.45) is 7.26. The maximum absolute atomic E-state index is 12.2. The lowest BCUT2D eigenvalue weighted by atomic mass is 9.84. The average molecular weight is 345 g/mol. The molecule has 1 heterocycles. The van der Waals surface area contributed by atoms with Crippen LogP contribution in [0, 0.1) is 0 Å². The molecular formula is C12H17BrN4OS. The van der Waals surface area contributed by atoms with Gasteiger partial charge >= 0.3 is 0 Å². The third-order valence-corrected chi connectivity index (χ3v) is 5.36. The fraction of sp³-hybridized carbons (Fsp3) is 0.500. The Kier molecular flexibility index (Phi) is 4.70. The van der Waals surface area contributed by atoms with E-state index in [0.29, 0.717) is 17.9 Å². The maximum Gasteiger partial charge on any atom is 0.255 e. The minimum atomic E-state index is -0.151. The van der Waals surface area contributed by atoms with Gasteiger partial charge in [-0.25, -0.2) is 10.8 Å². The zero-order chi connectivity index (χ0) is 13.9. The molecule has 1 saturated carbocycles.